The van der Waals surface area contributed by atoms with Crippen LogP contribution in [-0.2, 0) is 0 Å². The van der Waals surface area contributed by atoms with E-state index in [4.69, 9.17) is 5.73 Å². The lowest BCUT2D eigenvalue weighted by Crippen LogP contribution is -2.36. The zero-order chi connectivity index (χ0) is 15.5. The van der Waals surface area contributed by atoms with Crippen molar-refractivity contribution in [3.8, 4) is 0 Å². The zero-order valence-electron chi connectivity index (χ0n) is 12.8. The second kappa shape index (κ2) is 6.71. The Balaban J connectivity index is 1.78. The lowest BCUT2D eigenvalue weighted by molar-refractivity contribution is 0.462. The number of hydrogen-bond donors (Lipinski definition) is 3. The molecule has 3 rings (SSSR count). The van der Waals surface area contributed by atoms with E-state index in [1.807, 2.05) is 19.3 Å². The van der Waals surface area contributed by atoms with E-state index in [1.165, 1.54) is 18.4 Å². The van der Waals surface area contributed by atoms with Crippen LogP contribution in [0.4, 0.5) is 11.4 Å². The fourth-order valence-electron chi connectivity index (χ4n) is 3.02. The van der Waals surface area contributed by atoms with Gasteiger partial charge < -0.3 is 21.3 Å². The minimum atomic E-state index is 0.520. The number of nitrogens with zero attached hydrogens (tertiary/aromatic N) is 2. The van der Waals surface area contributed by atoms with Gasteiger partial charge in [-0.05, 0) is 58.9 Å². The van der Waals surface area contributed by atoms with Crippen LogP contribution in [0, 0.1) is 0 Å². The van der Waals surface area contributed by atoms with E-state index in [9.17, 15) is 0 Å². The Morgan fingerprint density at radius 2 is 2.27 bits per heavy atom. The standard InChI is InChI=1S/C16H22BrN5/c1-22-9-15(17)21-16(10-22)20-12-4-5-13(14(18)7-12)11-3-2-6-19-8-11/h4-5,7,9,11,19H,2-3,6,8,10,18H2,1H3,(H,20,21). The average Bonchev–Trinajstić information content (AvgIpc) is 2.47. The van der Waals surface area contributed by atoms with Gasteiger partial charge in [0.05, 0.1) is 16.8 Å². The van der Waals surface area contributed by atoms with Crippen molar-refractivity contribution in [2.24, 2.45) is 4.99 Å². The second-order valence-electron chi connectivity index (χ2n) is 5.93. The summed E-state index contributed by atoms with van der Waals surface area (Å²) in [7, 11) is 2.02. The number of anilines is 1. The molecule has 2 aliphatic heterocycles. The Bertz CT molecular complexity index is 605. The lowest BCUT2D eigenvalue weighted by atomic mass is 9.90. The number of nitrogens with two attached hydrogens (primary N) is 1. The van der Waals surface area contributed by atoms with E-state index in [-0.39, 0.29) is 0 Å². The first-order valence-corrected chi connectivity index (χ1v) is 8.43. The third-order valence-corrected chi connectivity index (χ3v) is 4.47. The monoisotopic (exact) mass is 363 g/mol. The van der Waals surface area contributed by atoms with E-state index in [0.29, 0.717) is 5.92 Å². The summed E-state index contributed by atoms with van der Waals surface area (Å²) < 4.78 is 0.915. The predicted octanol–water partition coefficient (Wildman–Crippen LogP) is 2.49. The molecule has 2 heterocycles. The molecule has 0 bridgehead atoms. The second-order valence-corrected chi connectivity index (χ2v) is 6.79. The summed E-state index contributed by atoms with van der Waals surface area (Å²) in [6.45, 7) is 2.88. The molecule has 0 spiro atoms. The van der Waals surface area contributed by atoms with Crippen LogP contribution in [0.2, 0.25) is 0 Å². The molecule has 0 saturated carbocycles. The van der Waals surface area contributed by atoms with Gasteiger partial charge in [-0.3, -0.25) is 0 Å². The van der Waals surface area contributed by atoms with E-state index in [1.54, 1.807) is 0 Å². The van der Waals surface area contributed by atoms with Crippen LogP contribution in [0.5, 0.6) is 0 Å². The van der Waals surface area contributed by atoms with E-state index < -0.39 is 0 Å². The van der Waals surface area contributed by atoms with Crippen LogP contribution in [0.1, 0.15) is 24.3 Å². The number of nitrogen functional groups attached to an aromatic ring is 1. The Kier molecular flexibility index (Phi) is 4.69. The SMILES string of the molecule is CN1C=C(Br)NC(=Nc2ccc(C3CCCNC3)c(N)c2)C1. The van der Waals surface area contributed by atoms with Gasteiger partial charge in [0, 0.05) is 25.5 Å². The van der Waals surface area contributed by atoms with Gasteiger partial charge in [0.2, 0.25) is 0 Å². The van der Waals surface area contributed by atoms with Gasteiger partial charge in [-0.15, -0.1) is 0 Å². The largest absolute Gasteiger partial charge is 0.398 e. The molecule has 4 N–H and O–H groups in total. The highest BCUT2D eigenvalue weighted by molar-refractivity contribution is 9.11. The third kappa shape index (κ3) is 3.62. The van der Waals surface area contributed by atoms with Crippen molar-refractivity contribution in [3.63, 3.8) is 0 Å². The Morgan fingerprint density at radius 1 is 1.41 bits per heavy atom. The molecule has 0 aliphatic carbocycles. The van der Waals surface area contributed by atoms with E-state index in [2.05, 4.69) is 48.6 Å². The first-order chi connectivity index (χ1) is 10.6. The van der Waals surface area contributed by atoms with Crippen molar-refractivity contribution in [2.75, 3.05) is 32.4 Å². The topological polar surface area (TPSA) is 65.7 Å². The van der Waals surface area contributed by atoms with Gasteiger partial charge in [0.1, 0.15) is 5.84 Å². The van der Waals surface area contributed by atoms with Crippen LogP contribution in [0.25, 0.3) is 0 Å². The van der Waals surface area contributed by atoms with Gasteiger partial charge in [0.25, 0.3) is 0 Å². The number of aliphatic imine (C=N–C) groups is 1. The van der Waals surface area contributed by atoms with Gasteiger partial charge >= 0.3 is 0 Å². The third-order valence-electron chi connectivity index (χ3n) is 4.07. The molecule has 118 valence electrons. The van der Waals surface area contributed by atoms with Crippen LogP contribution < -0.4 is 16.4 Å². The van der Waals surface area contributed by atoms with Gasteiger partial charge in [-0.2, -0.15) is 0 Å². The molecule has 5 nitrogen and oxygen atoms in total. The Morgan fingerprint density at radius 3 is 2.95 bits per heavy atom. The molecule has 2 aliphatic rings. The number of piperidine rings is 1. The highest BCUT2D eigenvalue weighted by Gasteiger charge is 2.17. The minimum Gasteiger partial charge on any atom is -0.398 e. The molecule has 0 aromatic heterocycles. The molecule has 0 amide bonds. The molecule has 1 aromatic rings. The maximum Gasteiger partial charge on any atom is 0.127 e. The maximum absolute atomic E-state index is 6.26. The summed E-state index contributed by atoms with van der Waals surface area (Å²) >= 11 is 3.46. The summed E-state index contributed by atoms with van der Waals surface area (Å²) in [6, 6.07) is 6.16. The summed E-state index contributed by atoms with van der Waals surface area (Å²) in [5.74, 6) is 1.43. The number of halogens is 1. The molecule has 0 radical (unpaired) electrons. The summed E-state index contributed by atoms with van der Waals surface area (Å²) in [4.78, 5) is 6.74. The maximum atomic E-state index is 6.26. The smallest absolute Gasteiger partial charge is 0.127 e. The predicted molar refractivity (Wildman–Crippen MR) is 95.6 cm³/mol. The Labute approximate surface area is 139 Å². The first kappa shape index (κ1) is 15.4. The van der Waals surface area contributed by atoms with Crippen molar-refractivity contribution in [1.82, 2.24) is 15.5 Å². The van der Waals surface area contributed by atoms with Crippen molar-refractivity contribution >= 4 is 33.1 Å². The van der Waals surface area contributed by atoms with Crippen molar-refractivity contribution in [2.45, 2.75) is 18.8 Å². The summed E-state index contributed by atoms with van der Waals surface area (Å²) in [6.07, 6.45) is 4.41. The highest BCUT2D eigenvalue weighted by atomic mass is 79.9. The quantitative estimate of drug-likeness (QED) is 0.557. The van der Waals surface area contributed by atoms with Crippen LogP contribution in [-0.4, -0.2) is 37.4 Å². The van der Waals surface area contributed by atoms with Gasteiger partial charge in [-0.1, -0.05) is 6.07 Å². The fourth-order valence-corrected chi connectivity index (χ4v) is 3.60. The van der Waals surface area contributed by atoms with Crippen molar-refractivity contribution < 1.29 is 0 Å². The first-order valence-electron chi connectivity index (χ1n) is 7.64. The van der Waals surface area contributed by atoms with E-state index in [0.717, 1.165) is 41.5 Å². The molecule has 1 atom stereocenters. The molecule has 6 heteroatoms. The number of hydrogen-bond acceptors (Lipinski definition) is 4. The van der Waals surface area contributed by atoms with Crippen LogP contribution in [0.15, 0.2) is 34.0 Å². The molecule has 1 fully saturated rings. The summed E-state index contributed by atoms with van der Waals surface area (Å²) in [5, 5.41) is 6.67. The molecule has 1 unspecified atom stereocenters. The normalized spacial score (nSPS) is 24.1. The lowest BCUT2D eigenvalue weighted by Gasteiger charge is -2.25. The molecule has 1 aromatic carbocycles. The number of likely N-dealkylation sites (N-methyl/N-ethyl adjacent to an activating group) is 1. The number of rotatable bonds is 2. The van der Waals surface area contributed by atoms with Gasteiger partial charge in [-0.25, -0.2) is 4.99 Å². The fraction of sp³-hybridized carbons (Fsp3) is 0.438. The summed E-state index contributed by atoms with van der Waals surface area (Å²) in [5.41, 5.74) is 9.24. The Hall–Kier alpha value is -1.53. The molecule has 1 saturated heterocycles. The van der Waals surface area contributed by atoms with Gasteiger partial charge in [0.15, 0.2) is 0 Å². The molecular formula is C16H22BrN5. The molecule has 22 heavy (non-hydrogen) atoms. The number of amidine groups is 1. The minimum absolute atomic E-state index is 0.520. The number of nitrogens with one attached hydrogen (secondary N) is 2. The average molecular weight is 364 g/mol. The van der Waals surface area contributed by atoms with E-state index >= 15 is 0 Å². The van der Waals surface area contributed by atoms with Crippen molar-refractivity contribution in [3.05, 3.63) is 34.6 Å². The zero-order valence-corrected chi connectivity index (χ0v) is 14.4. The van der Waals surface area contributed by atoms with Crippen LogP contribution >= 0.6 is 15.9 Å². The molecular weight excluding hydrogens is 342 g/mol. The number of benzene rings is 1. The highest BCUT2D eigenvalue weighted by Crippen LogP contribution is 2.30. The van der Waals surface area contributed by atoms with Crippen LogP contribution in [0.3, 0.4) is 0 Å². The van der Waals surface area contributed by atoms with Crippen molar-refractivity contribution in [1.29, 1.82) is 0 Å².